The molecule has 37 heavy (non-hydrogen) atoms. The molecule has 1 saturated heterocycles. The van der Waals surface area contributed by atoms with Crippen LogP contribution >= 0.6 is 0 Å². The molecule has 1 aromatic heterocycles. The first-order valence-corrected chi connectivity index (χ1v) is 13.2. The Kier molecular flexibility index (Phi) is 7.35. The van der Waals surface area contributed by atoms with Crippen LogP contribution in [0, 0.1) is 11.7 Å². The van der Waals surface area contributed by atoms with E-state index in [1.54, 1.807) is 17.0 Å². The van der Waals surface area contributed by atoms with Crippen molar-refractivity contribution < 1.29 is 22.7 Å². The summed E-state index contributed by atoms with van der Waals surface area (Å²) in [6.07, 6.45) is 1.41. The molecule has 5 rings (SSSR count). The number of nitrogens with zero attached hydrogens (tertiary/aromatic N) is 2. The third kappa shape index (κ3) is 5.03. The summed E-state index contributed by atoms with van der Waals surface area (Å²) >= 11 is 0. The van der Waals surface area contributed by atoms with Crippen LogP contribution in [0.5, 0.6) is 0 Å². The Labute approximate surface area is 215 Å². The molecule has 2 aliphatic heterocycles. The van der Waals surface area contributed by atoms with Gasteiger partial charge in [-0.3, -0.25) is 4.90 Å². The van der Waals surface area contributed by atoms with Crippen molar-refractivity contribution >= 4 is 10.9 Å². The molecule has 0 amide bonds. The highest BCUT2D eigenvalue weighted by atomic mass is 19.3. The minimum atomic E-state index is -3.34. The second-order valence-corrected chi connectivity index (χ2v) is 10.8. The number of nitrogens with one attached hydrogen (secondary N) is 1. The molecule has 0 radical (unpaired) electrons. The molecule has 3 atom stereocenters. The maximum absolute atomic E-state index is 15.7. The number of halogens is 4. The summed E-state index contributed by atoms with van der Waals surface area (Å²) in [5, 5.41) is 10.3. The van der Waals surface area contributed by atoms with Crippen molar-refractivity contribution in [2.75, 3.05) is 32.8 Å². The van der Waals surface area contributed by atoms with E-state index in [0.717, 1.165) is 35.9 Å². The average Bonchev–Trinajstić information content (AvgIpc) is 3.21. The standard InChI is InChI=1S/C29H35F4N3O/c1-3-4-11-35-14-20(15-35)26(31)19-9-10-22(24(30)13-19)28-27-23(21-7-5-6-8-25(21)34-27)12-18(2)36(28)16-29(32,33)17-37/h5-10,13,18,20,26,28,34,37H,3-4,11-12,14-17H2,1-2H3/t18-,26-,28-/m1/s1. The van der Waals surface area contributed by atoms with Crippen molar-refractivity contribution in [3.63, 3.8) is 0 Å². The smallest absolute Gasteiger partial charge is 0.283 e. The van der Waals surface area contributed by atoms with Crippen molar-refractivity contribution in [2.24, 2.45) is 5.92 Å². The van der Waals surface area contributed by atoms with Gasteiger partial charge in [0.2, 0.25) is 0 Å². The number of H-pyrrole nitrogens is 1. The fourth-order valence-electron chi connectivity index (χ4n) is 5.97. The predicted molar refractivity (Wildman–Crippen MR) is 137 cm³/mol. The Bertz CT molecular complexity index is 1240. The molecule has 1 fully saturated rings. The summed E-state index contributed by atoms with van der Waals surface area (Å²) in [6, 6.07) is 10.9. The second kappa shape index (κ2) is 10.4. The number of fused-ring (bicyclic) bond motifs is 3. The van der Waals surface area contributed by atoms with Gasteiger partial charge in [-0.2, -0.15) is 0 Å². The first kappa shape index (κ1) is 26.2. The normalized spacial score (nSPS) is 22.2. The van der Waals surface area contributed by atoms with E-state index in [0.29, 0.717) is 25.2 Å². The molecule has 0 saturated carbocycles. The molecular formula is C29H35F4N3O. The summed E-state index contributed by atoms with van der Waals surface area (Å²) in [6.45, 7) is 4.23. The topological polar surface area (TPSA) is 42.5 Å². The van der Waals surface area contributed by atoms with Crippen LogP contribution in [-0.2, 0) is 6.42 Å². The van der Waals surface area contributed by atoms with Crippen molar-refractivity contribution in [2.45, 2.75) is 57.3 Å². The first-order chi connectivity index (χ1) is 17.7. The predicted octanol–water partition coefficient (Wildman–Crippen LogP) is 6.01. The lowest BCUT2D eigenvalue weighted by atomic mass is 9.86. The third-order valence-electron chi connectivity index (χ3n) is 8.03. The third-order valence-corrected chi connectivity index (χ3v) is 8.03. The molecule has 3 heterocycles. The molecule has 2 aromatic carbocycles. The van der Waals surface area contributed by atoms with Gasteiger partial charge in [-0.25, -0.2) is 17.6 Å². The SMILES string of the molecule is CCCCN1CC([C@H](F)c2ccc([C@@H]3c4[nH]c5ccccc5c4C[C@@H](C)N3CC(F)(F)CO)c(F)c2)C1. The van der Waals surface area contributed by atoms with Crippen LogP contribution in [0.25, 0.3) is 10.9 Å². The number of benzene rings is 2. The fourth-order valence-corrected chi connectivity index (χ4v) is 5.97. The Morgan fingerprint density at radius 2 is 1.92 bits per heavy atom. The van der Waals surface area contributed by atoms with Gasteiger partial charge in [0.05, 0.1) is 12.6 Å². The van der Waals surface area contributed by atoms with Gasteiger partial charge in [-0.1, -0.05) is 43.7 Å². The number of rotatable bonds is 9. The molecule has 0 unspecified atom stereocenters. The van der Waals surface area contributed by atoms with Crippen molar-refractivity contribution in [1.82, 2.24) is 14.8 Å². The van der Waals surface area contributed by atoms with E-state index in [1.807, 2.05) is 31.2 Å². The molecule has 200 valence electrons. The molecule has 0 aliphatic carbocycles. The van der Waals surface area contributed by atoms with Crippen molar-refractivity contribution in [1.29, 1.82) is 0 Å². The number of likely N-dealkylation sites (tertiary alicyclic amines) is 1. The average molecular weight is 518 g/mol. The van der Waals surface area contributed by atoms with Crippen LogP contribution in [0.4, 0.5) is 17.6 Å². The zero-order valence-corrected chi connectivity index (χ0v) is 21.4. The molecule has 2 aliphatic rings. The lowest BCUT2D eigenvalue weighted by Crippen LogP contribution is -2.49. The number of aromatic nitrogens is 1. The number of unbranched alkanes of at least 4 members (excludes halogenated alkanes) is 1. The van der Waals surface area contributed by atoms with Gasteiger partial charge in [0, 0.05) is 47.2 Å². The Hall–Kier alpha value is -2.42. The Balaban J connectivity index is 1.48. The summed E-state index contributed by atoms with van der Waals surface area (Å²) in [5.41, 5.74) is 3.02. The monoisotopic (exact) mass is 517 g/mol. The summed E-state index contributed by atoms with van der Waals surface area (Å²) < 4.78 is 59.9. The van der Waals surface area contributed by atoms with Crippen LogP contribution in [-0.4, -0.2) is 64.6 Å². The molecule has 3 aromatic rings. The van der Waals surface area contributed by atoms with E-state index in [2.05, 4.69) is 16.8 Å². The van der Waals surface area contributed by atoms with E-state index in [4.69, 9.17) is 0 Å². The van der Waals surface area contributed by atoms with Gasteiger partial charge in [-0.15, -0.1) is 0 Å². The van der Waals surface area contributed by atoms with Crippen LogP contribution in [0.3, 0.4) is 0 Å². The van der Waals surface area contributed by atoms with Gasteiger partial charge < -0.3 is 15.0 Å². The van der Waals surface area contributed by atoms with Gasteiger partial charge in [0.25, 0.3) is 5.92 Å². The number of hydrogen-bond donors (Lipinski definition) is 2. The number of aromatic amines is 1. The van der Waals surface area contributed by atoms with Gasteiger partial charge in [-0.05, 0) is 49.6 Å². The lowest BCUT2D eigenvalue weighted by molar-refractivity contribution is -0.0866. The number of para-hydroxylation sites is 1. The van der Waals surface area contributed by atoms with Gasteiger partial charge in [0.15, 0.2) is 0 Å². The fraction of sp³-hybridized carbons (Fsp3) is 0.517. The quantitative estimate of drug-likeness (QED) is 0.342. The highest BCUT2D eigenvalue weighted by molar-refractivity contribution is 5.85. The minimum absolute atomic E-state index is 0.170. The summed E-state index contributed by atoms with van der Waals surface area (Å²) in [7, 11) is 0. The number of alkyl halides is 3. The van der Waals surface area contributed by atoms with E-state index < -0.39 is 37.1 Å². The summed E-state index contributed by atoms with van der Waals surface area (Å²) in [4.78, 5) is 7.11. The molecule has 4 nitrogen and oxygen atoms in total. The van der Waals surface area contributed by atoms with Gasteiger partial charge >= 0.3 is 0 Å². The molecule has 0 spiro atoms. The zero-order chi connectivity index (χ0) is 26.3. The first-order valence-electron chi connectivity index (χ1n) is 13.2. The largest absolute Gasteiger partial charge is 0.390 e. The van der Waals surface area contributed by atoms with Crippen LogP contribution in [0.1, 0.15) is 61.3 Å². The van der Waals surface area contributed by atoms with E-state index in [1.165, 1.54) is 6.07 Å². The van der Waals surface area contributed by atoms with Gasteiger partial charge in [0.1, 0.15) is 18.6 Å². The zero-order valence-electron chi connectivity index (χ0n) is 21.4. The highest BCUT2D eigenvalue weighted by Crippen LogP contribution is 2.43. The Morgan fingerprint density at radius 3 is 2.62 bits per heavy atom. The molecule has 8 heteroatoms. The number of aliphatic hydroxyl groups is 1. The second-order valence-electron chi connectivity index (χ2n) is 10.8. The maximum Gasteiger partial charge on any atom is 0.283 e. The lowest BCUT2D eigenvalue weighted by Gasteiger charge is -2.42. The molecule has 2 N–H and O–H groups in total. The van der Waals surface area contributed by atoms with E-state index in [9.17, 15) is 13.9 Å². The minimum Gasteiger partial charge on any atom is -0.390 e. The van der Waals surface area contributed by atoms with Crippen molar-refractivity contribution in [3.8, 4) is 0 Å². The number of aliphatic hydroxyl groups excluding tert-OH is 1. The van der Waals surface area contributed by atoms with E-state index >= 15 is 8.78 Å². The number of hydrogen-bond acceptors (Lipinski definition) is 3. The van der Waals surface area contributed by atoms with Crippen molar-refractivity contribution in [3.05, 3.63) is 70.7 Å². The van der Waals surface area contributed by atoms with E-state index in [-0.39, 0.29) is 23.1 Å². The molecular weight excluding hydrogens is 482 g/mol. The highest BCUT2D eigenvalue weighted by Gasteiger charge is 2.43. The van der Waals surface area contributed by atoms with Crippen LogP contribution < -0.4 is 0 Å². The van der Waals surface area contributed by atoms with Crippen LogP contribution in [0.2, 0.25) is 0 Å². The summed E-state index contributed by atoms with van der Waals surface area (Å²) in [5.74, 6) is -4.12. The Morgan fingerprint density at radius 1 is 1.16 bits per heavy atom. The van der Waals surface area contributed by atoms with Crippen LogP contribution in [0.15, 0.2) is 42.5 Å². The maximum atomic E-state index is 15.7. The molecule has 0 bridgehead atoms.